The monoisotopic (exact) mass is 451 g/mol. The molecule has 1 aromatic carbocycles. The number of aromatic nitrogens is 3. The summed E-state index contributed by atoms with van der Waals surface area (Å²) in [5, 5.41) is 23.5. The SMILES string of the molecule is CCNC(=O)Nc1cn2nc(N3CC[C@H](NC(=O)c4cccc(C(C)C)c4O)C3)ccc2n1. The average molecular weight is 452 g/mol. The van der Waals surface area contributed by atoms with E-state index in [2.05, 4.69) is 30.9 Å². The second-order valence-corrected chi connectivity index (χ2v) is 8.41. The molecule has 1 atom stereocenters. The molecule has 0 saturated carbocycles. The highest BCUT2D eigenvalue weighted by molar-refractivity contribution is 5.97. The molecule has 1 saturated heterocycles. The highest BCUT2D eigenvalue weighted by Gasteiger charge is 2.27. The van der Waals surface area contributed by atoms with Crippen LogP contribution >= 0.6 is 0 Å². The lowest BCUT2D eigenvalue weighted by atomic mass is 9.98. The Hall–Kier alpha value is -3.82. The minimum Gasteiger partial charge on any atom is -0.507 e. The summed E-state index contributed by atoms with van der Waals surface area (Å²) in [6.07, 6.45) is 2.43. The van der Waals surface area contributed by atoms with Crippen molar-refractivity contribution in [2.75, 3.05) is 29.9 Å². The van der Waals surface area contributed by atoms with Crippen LogP contribution in [0.15, 0.2) is 36.5 Å². The third-order valence-electron chi connectivity index (χ3n) is 5.67. The second kappa shape index (κ2) is 9.35. The normalized spacial score (nSPS) is 15.8. The number of carbonyl (C=O) groups excluding carboxylic acids is 2. The van der Waals surface area contributed by atoms with Gasteiger partial charge >= 0.3 is 6.03 Å². The van der Waals surface area contributed by atoms with Gasteiger partial charge in [0.15, 0.2) is 11.5 Å². The molecule has 10 heteroatoms. The highest BCUT2D eigenvalue weighted by atomic mass is 16.3. The zero-order chi connectivity index (χ0) is 23.5. The fourth-order valence-electron chi connectivity index (χ4n) is 3.98. The standard InChI is InChI=1S/C23H29N7O3/c1-4-24-23(33)27-18-13-30-19(26-18)8-9-20(28-30)29-11-10-15(12-29)25-22(32)17-7-5-6-16(14(2)3)21(17)31/h5-9,13-15,31H,4,10-12H2,1-3H3,(H,25,32)(H2,24,27,33)/t15-/m0/s1. The summed E-state index contributed by atoms with van der Waals surface area (Å²) >= 11 is 0. The van der Waals surface area contributed by atoms with Crippen molar-refractivity contribution in [3.63, 3.8) is 0 Å². The molecule has 3 aromatic rings. The van der Waals surface area contributed by atoms with Crippen molar-refractivity contribution in [1.82, 2.24) is 25.2 Å². The van der Waals surface area contributed by atoms with Gasteiger partial charge in [0.25, 0.3) is 5.91 Å². The molecule has 174 valence electrons. The summed E-state index contributed by atoms with van der Waals surface area (Å²) in [5.74, 6) is 1.07. The van der Waals surface area contributed by atoms with Crippen molar-refractivity contribution in [3.05, 3.63) is 47.7 Å². The Morgan fingerprint density at radius 1 is 1.24 bits per heavy atom. The average Bonchev–Trinajstić information content (AvgIpc) is 3.39. The molecule has 0 radical (unpaired) electrons. The van der Waals surface area contributed by atoms with Crippen molar-refractivity contribution in [1.29, 1.82) is 0 Å². The van der Waals surface area contributed by atoms with E-state index in [1.807, 2.05) is 39.0 Å². The predicted octanol–water partition coefficient (Wildman–Crippen LogP) is 2.71. The maximum Gasteiger partial charge on any atom is 0.320 e. The highest BCUT2D eigenvalue weighted by Crippen LogP contribution is 2.29. The number of anilines is 2. The molecule has 0 bridgehead atoms. The first-order valence-electron chi connectivity index (χ1n) is 11.1. The van der Waals surface area contributed by atoms with Crippen LogP contribution in [-0.4, -0.2) is 57.3 Å². The number of benzene rings is 1. The quantitative estimate of drug-likeness (QED) is 0.457. The molecular formula is C23H29N7O3. The van der Waals surface area contributed by atoms with Gasteiger partial charge in [-0.05, 0) is 43.0 Å². The Morgan fingerprint density at radius 2 is 2.06 bits per heavy atom. The van der Waals surface area contributed by atoms with Gasteiger partial charge in [0.1, 0.15) is 11.6 Å². The van der Waals surface area contributed by atoms with Crippen molar-refractivity contribution < 1.29 is 14.7 Å². The number of rotatable bonds is 6. The Labute approximate surface area is 192 Å². The van der Waals surface area contributed by atoms with Crippen LogP contribution in [0.2, 0.25) is 0 Å². The molecule has 0 aliphatic carbocycles. The van der Waals surface area contributed by atoms with E-state index in [-0.39, 0.29) is 29.6 Å². The van der Waals surface area contributed by atoms with Crippen LogP contribution < -0.4 is 20.9 Å². The van der Waals surface area contributed by atoms with E-state index in [0.717, 1.165) is 24.3 Å². The van der Waals surface area contributed by atoms with Crippen molar-refractivity contribution in [3.8, 4) is 5.75 Å². The van der Waals surface area contributed by atoms with Gasteiger partial charge in [0.05, 0.1) is 11.8 Å². The van der Waals surface area contributed by atoms with E-state index in [0.29, 0.717) is 30.1 Å². The maximum atomic E-state index is 12.8. The van der Waals surface area contributed by atoms with Gasteiger partial charge in [0, 0.05) is 25.7 Å². The van der Waals surface area contributed by atoms with Crippen LogP contribution in [0, 0.1) is 0 Å². The van der Waals surface area contributed by atoms with Gasteiger partial charge in [-0.1, -0.05) is 26.0 Å². The predicted molar refractivity (Wildman–Crippen MR) is 126 cm³/mol. The molecule has 10 nitrogen and oxygen atoms in total. The number of para-hydroxylation sites is 1. The summed E-state index contributed by atoms with van der Waals surface area (Å²) in [7, 11) is 0. The molecule has 3 amide bonds. The molecule has 1 aliphatic heterocycles. The molecule has 0 spiro atoms. The third kappa shape index (κ3) is 4.84. The first kappa shape index (κ1) is 22.4. The first-order chi connectivity index (χ1) is 15.9. The molecule has 33 heavy (non-hydrogen) atoms. The number of urea groups is 1. The van der Waals surface area contributed by atoms with E-state index < -0.39 is 0 Å². The number of nitrogens with one attached hydrogen (secondary N) is 3. The summed E-state index contributed by atoms with van der Waals surface area (Å²) < 4.78 is 1.62. The summed E-state index contributed by atoms with van der Waals surface area (Å²) in [4.78, 5) is 30.9. The fourth-order valence-corrected chi connectivity index (χ4v) is 3.98. The minimum atomic E-state index is -0.316. The van der Waals surface area contributed by atoms with E-state index in [1.54, 1.807) is 22.8 Å². The van der Waals surface area contributed by atoms with Crippen molar-refractivity contribution >= 4 is 29.2 Å². The van der Waals surface area contributed by atoms with E-state index in [1.165, 1.54) is 0 Å². The van der Waals surface area contributed by atoms with Gasteiger partial charge in [-0.25, -0.2) is 14.3 Å². The molecule has 3 heterocycles. The third-order valence-corrected chi connectivity index (χ3v) is 5.67. The smallest absolute Gasteiger partial charge is 0.320 e. The van der Waals surface area contributed by atoms with E-state index in [4.69, 9.17) is 0 Å². The lowest BCUT2D eigenvalue weighted by Gasteiger charge is -2.18. The fraction of sp³-hybridized carbons (Fsp3) is 0.391. The molecule has 1 aliphatic rings. The second-order valence-electron chi connectivity index (χ2n) is 8.41. The molecule has 0 unspecified atom stereocenters. The van der Waals surface area contributed by atoms with Crippen molar-refractivity contribution in [2.45, 2.75) is 39.2 Å². The largest absolute Gasteiger partial charge is 0.507 e. The van der Waals surface area contributed by atoms with Gasteiger partial charge in [-0.2, -0.15) is 0 Å². The van der Waals surface area contributed by atoms with Crippen LogP contribution in [0.1, 0.15) is 49.0 Å². The Morgan fingerprint density at radius 3 is 2.82 bits per heavy atom. The van der Waals surface area contributed by atoms with Crippen LogP contribution in [0.5, 0.6) is 5.75 Å². The van der Waals surface area contributed by atoms with Gasteiger partial charge in [-0.15, -0.1) is 5.10 Å². The number of nitrogens with zero attached hydrogens (tertiary/aromatic N) is 4. The van der Waals surface area contributed by atoms with Gasteiger partial charge in [0.2, 0.25) is 0 Å². The molecule has 4 rings (SSSR count). The number of hydrogen-bond acceptors (Lipinski definition) is 6. The number of carbonyl (C=O) groups is 2. The number of amides is 3. The number of fused-ring (bicyclic) bond motifs is 1. The van der Waals surface area contributed by atoms with Crippen LogP contribution in [0.4, 0.5) is 16.4 Å². The Bertz CT molecular complexity index is 1170. The number of aromatic hydroxyl groups is 1. The molecule has 1 fully saturated rings. The topological polar surface area (TPSA) is 124 Å². The zero-order valence-corrected chi connectivity index (χ0v) is 19.0. The minimum absolute atomic E-state index is 0.0455. The van der Waals surface area contributed by atoms with Crippen LogP contribution in [0.25, 0.3) is 5.65 Å². The number of phenols is 1. The number of imidazole rings is 1. The molecule has 4 N–H and O–H groups in total. The first-order valence-corrected chi connectivity index (χ1v) is 11.1. The zero-order valence-electron chi connectivity index (χ0n) is 19.0. The number of hydrogen-bond donors (Lipinski definition) is 4. The Balaban J connectivity index is 1.42. The lowest BCUT2D eigenvalue weighted by molar-refractivity contribution is 0.0937. The lowest BCUT2D eigenvalue weighted by Crippen LogP contribution is -2.37. The van der Waals surface area contributed by atoms with Crippen molar-refractivity contribution in [2.24, 2.45) is 0 Å². The summed E-state index contributed by atoms with van der Waals surface area (Å²) in [6, 6.07) is 8.61. The van der Waals surface area contributed by atoms with Gasteiger partial charge in [-0.3, -0.25) is 10.1 Å². The summed E-state index contributed by atoms with van der Waals surface area (Å²) in [5.41, 5.74) is 1.68. The molecular weight excluding hydrogens is 422 g/mol. The number of phenolic OH excluding ortho intramolecular Hbond substituents is 1. The van der Waals surface area contributed by atoms with Crippen LogP contribution in [-0.2, 0) is 0 Å². The van der Waals surface area contributed by atoms with Gasteiger partial charge < -0.3 is 20.6 Å². The Kier molecular flexibility index (Phi) is 6.34. The summed E-state index contributed by atoms with van der Waals surface area (Å²) in [6.45, 7) is 7.67. The molecule has 2 aromatic heterocycles. The van der Waals surface area contributed by atoms with E-state index >= 15 is 0 Å². The van der Waals surface area contributed by atoms with E-state index in [9.17, 15) is 14.7 Å². The van der Waals surface area contributed by atoms with Crippen LogP contribution in [0.3, 0.4) is 0 Å². The maximum absolute atomic E-state index is 12.8.